The third kappa shape index (κ3) is 6.64. The highest BCUT2D eigenvalue weighted by Gasteiger charge is 2.58. The molecule has 1 aliphatic carbocycles. The molecule has 1 aromatic carbocycles. The van der Waals surface area contributed by atoms with Crippen LogP contribution in [0.4, 0.5) is 0 Å². The van der Waals surface area contributed by atoms with Crippen LogP contribution in [-0.2, 0) is 9.59 Å². The fraction of sp³-hybridized carbons (Fsp3) is 0.576. The summed E-state index contributed by atoms with van der Waals surface area (Å²) in [6.07, 6.45) is 9.73. The summed E-state index contributed by atoms with van der Waals surface area (Å²) in [7, 11) is 1.63. The molecule has 1 aliphatic heterocycles. The molecular formula is C33H45N5O3. The lowest BCUT2D eigenvalue weighted by atomic mass is 9.90. The molecule has 0 unspecified atom stereocenters. The van der Waals surface area contributed by atoms with E-state index in [1.165, 1.54) is 0 Å². The van der Waals surface area contributed by atoms with Crippen molar-refractivity contribution in [1.29, 1.82) is 0 Å². The van der Waals surface area contributed by atoms with E-state index >= 15 is 0 Å². The number of unbranched alkanes of at least 4 members (excludes halogenated alkanes) is 2. The number of pyridine rings is 1. The zero-order valence-corrected chi connectivity index (χ0v) is 25.0. The van der Waals surface area contributed by atoms with Crippen molar-refractivity contribution in [3.8, 4) is 17.1 Å². The van der Waals surface area contributed by atoms with Gasteiger partial charge in [0.1, 0.15) is 11.6 Å². The highest BCUT2D eigenvalue weighted by molar-refractivity contribution is 5.85. The molecule has 1 amide bonds. The van der Waals surface area contributed by atoms with Crippen molar-refractivity contribution in [2.45, 2.75) is 90.6 Å². The number of hydrogen-bond donors (Lipinski definition) is 2. The number of carbonyl (C=O) groups excluding carboxylic acids is 2. The second-order valence-electron chi connectivity index (χ2n) is 12.2. The Bertz CT molecular complexity index is 1360. The van der Waals surface area contributed by atoms with Crippen molar-refractivity contribution >= 4 is 22.6 Å². The van der Waals surface area contributed by atoms with E-state index in [2.05, 4.69) is 40.1 Å². The monoisotopic (exact) mass is 559 g/mol. The number of fused-ring (bicyclic) bond motifs is 1. The van der Waals surface area contributed by atoms with E-state index in [0.717, 1.165) is 86.0 Å². The lowest BCUT2D eigenvalue weighted by molar-refractivity contribution is -0.124. The SMILES string of the molecule is CCC(=O)CCCCC[C@H](NC(=O)[C@H]1CC12CCN(C(C)C)CC2)c1ncc(-c2cc3ccccc3nc2OC)[nH]1. The number of likely N-dealkylation sites (tertiary alicyclic amines) is 1. The van der Waals surface area contributed by atoms with Crippen molar-refractivity contribution in [2.75, 3.05) is 20.2 Å². The summed E-state index contributed by atoms with van der Waals surface area (Å²) in [5.74, 6) is 1.83. The summed E-state index contributed by atoms with van der Waals surface area (Å²) in [6.45, 7) is 8.56. The molecule has 2 atom stereocenters. The lowest BCUT2D eigenvalue weighted by Crippen LogP contribution is -2.41. The Morgan fingerprint density at radius 1 is 1.17 bits per heavy atom. The standard InChI is InChI=1S/C33H45N5O3/c1-5-24(39)12-7-6-8-14-28(36-31(40)26-20-33(26)15-17-38(18-16-33)22(2)3)30-34-21-29(35-30)25-19-23-11-9-10-13-27(23)37-32(25)41-4/h9-11,13,19,21-22,26,28H,5-8,12,14-18,20H2,1-4H3,(H,34,35)(H,36,40)/t26-,28+/m1/s1. The predicted octanol–water partition coefficient (Wildman–Crippen LogP) is 6.23. The van der Waals surface area contributed by atoms with Crippen LogP contribution in [0.25, 0.3) is 22.2 Å². The minimum Gasteiger partial charge on any atom is -0.480 e. The van der Waals surface area contributed by atoms with Crippen LogP contribution in [0.1, 0.15) is 90.4 Å². The van der Waals surface area contributed by atoms with Gasteiger partial charge in [-0.05, 0) is 76.6 Å². The number of nitrogens with one attached hydrogen (secondary N) is 2. The highest BCUT2D eigenvalue weighted by atomic mass is 16.5. The van der Waals surface area contributed by atoms with Gasteiger partial charge in [0.25, 0.3) is 0 Å². The number of methoxy groups -OCH3 is 1. The number of Topliss-reactive ketones (excluding diaryl/α,β-unsaturated/α-hetero) is 1. The predicted molar refractivity (Wildman–Crippen MR) is 162 cm³/mol. The normalized spacial score (nSPS) is 19.0. The molecule has 8 heteroatoms. The molecule has 1 saturated heterocycles. The van der Waals surface area contributed by atoms with Gasteiger partial charge in [0.05, 0.1) is 36.1 Å². The van der Waals surface area contributed by atoms with Crippen molar-refractivity contribution < 1.29 is 14.3 Å². The quantitative estimate of drug-likeness (QED) is 0.241. The second kappa shape index (κ2) is 12.7. The van der Waals surface area contributed by atoms with Crippen LogP contribution in [0, 0.1) is 11.3 Å². The Hall–Kier alpha value is -3.26. The summed E-state index contributed by atoms with van der Waals surface area (Å²) in [6, 6.07) is 10.4. The third-order valence-electron chi connectivity index (χ3n) is 9.29. The van der Waals surface area contributed by atoms with Gasteiger partial charge in [-0.2, -0.15) is 0 Å². The lowest BCUT2D eigenvalue weighted by Gasteiger charge is -2.35. The average molecular weight is 560 g/mol. The number of carbonyl (C=O) groups is 2. The Morgan fingerprint density at radius 3 is 2.68 bits per heavy atom. The van der Waals surface area contributed by atoms with Gasteiger partial charge in [-0.1, -0.05) is 38.0 Å². The molecule has 0 bridgehead atoms. The molecule has 41 heavy (non-hydrogen) atoms. The molecule has 1 saturated carbocycles. The van der Waals surface area contributed by atoms with Gasteiger partial charge in [-0.15, -0.1) is 0 Å². The average Bonchev–Trinajstić information content (AvgIpc) is 3.45. The summed E-state index contributed by atoms with van der Waals surface area (Å²) in [5.41, 5.74) is 2.69. The number of amides is 1. The maximum absolute atomic E-state index is 13.6. The number of piperidine rings is 1. The zero-order valence-electron chi connectivity index (χ0n) is 25.0. The first kappa shape index (κ1) is 29.2. The van der Waals surface area contributed by atoms with Crippen molar-refractivity contribution in [3.05, 3.63) is 42.4 Å². The van der Waals surface area contributed by atoms with Crippen molar-refractivity contribution in [2.24, 2.45) is 11.3 Å². The molecule has 2 aromatic heterocycles. The minimum absolute atomic E-state index is 0.0840. The molecule has 2 N–H and O–H groups in total. The highest BCUT2D eigenvalue weighted by Crippen LogP contribution is 2.59. The van der Waals surface area contributed by atoms with E-state index in [1.54, 1.807) is 7.11 Å². The Morgan fingerprint density at radius 2 is 1.95 bits per heavy atom. The van der Waals surface area contributed by atoms with Gasteiger partial charge in [0.2, 0.25) is 11.8 Å². The maximum Gasteiger partial charge on any atom is 0.224 e. The molecule has 2 aliphatic rings. The summed E-state index contributed by atoms with van der Waals surface area (Å²) in [5, 5.41) is 4.40. The summed E-state index contributed by atoms with van der Waals surface area (Å²) >= 11 is 0. The summed E-state index contributed by atoms with van der Waals surface area (Å²) < 4.78 is 5.63. The largest absolute Gasteiger partial charge is 0.480 e. The van der Waals surface area contributed by atoms with Gasteiger partial charge in [-0.3, -0.25) is 9.59 Å². The van der Waals surface area contributed by atoms with E-state index < -0.39 is 0 Å². The first-order chi connectivity index (χ1) is 19.8. The summed E-state index contributed by atoms with van der Waals surface area (Å²) in [4.78, 5) is 40.8. The molecule has 2 fully saturated rings. The van der Waals surface area contributed by atoms with E-state index in [9.17, 15) is 9.59 Å². The Labute approximate surface area is 243 Å². The first-order valence-electron chi connectivity index (χ1n) is 15.4. The molecule has 220 valence electrons. The molecule has 0 radical (unpaired) electrons. The fourth-order valence-corrected chi connectivity index (χ4v) is 6.43. The number of nitrogens with zero attached hydrogens (tertiary/aromatic N) is 3. The molecule has 3 heterocycles. The topological polar surface area (TPSA) is 100 Å². The van der Waals surface area contributed by atoms with Crippen molar-refractivity contribution in [3.63, 3.8) is 0 Å². The van der Waals surface area contributed by atoms with Crippen LogP contribution in [0.3, 0.4) is 0 Å². The maximum atomic E-state index is 13.6. The zero-order chi connectivity index (χ0) is 29.0. The van der Waals surface area contributed by atoms with Crippen LogP contribution in [0.2, 0.25) is 0 Å². The molecule has 1 spiro atoms. The number of benzene rings is 1. The van der Waals surface area contributed by atoms with Crippen LogP contribution in [0.5, 0.6) is 5.88 Å². The van der Waals surface area contributed by atoms with E-state index in [0.29, 0.717) is 30.5 Å². The third-order valence-corrected chi connectivity index (χ3v) is 9.29. The number of H-pyrrole nitrogens is 1. The van der Waals surface area contributed by atoms with E-state index in [4.69, 9.17) is 9.72 Å². The van der Waals surface area contributed by atoms with Gasteiger partial charge in [0.15, 0.2) is 0 Å². The fourth-order valence-electron chi connectivity index (χ4n) is 6.43. The number of ether oxygens (including phenoxy) is 1. The number of aromatic nitrogens is 3. The number of aromatic amines is 1. The molecule has 5 rings (SSSR count). The second-order valence-corrected chi connectivity index (χ2v) is 12.2. The van der Waals surface area contributed by atoms with Gasteiger partial charge < -0.3 is 19.9 Å². The Kier molecular flexibility index (Phi) is 9.07. The number of para-hydroxylation sites is 1. The smallest absolute Gasteiger partial charge is 0.224 e. The van der Waals surface area contributed by atoms with Crippen molar-refractivity contribution in [1.82, 2.24) is 25.2 Å². The molecular weight excluding hydrogens is 514 g/mol. The van der Waals surface area contributed by atoms with Gasteiger partial charge >= 0.3 is 0 Å². The van der Waals surface area contributed by atoms with Crippen LogP contribution in [0.15, 0.2) is 36.5 Å². The van der Waals surface area contributed by atoms with Gasteiger partial charge in [0, 0.05) is 30.2 Å². The minimum atomic E-state index is -0.217. The number of hydrogen-bond acceptors (Lipinski definition) is 6. The number of imidazole rings is 1. The molecule has 8 nitrogen and oxygen atoms in total. The first-order valence-corrected chi connectivity index (χ1v) is 15.4. The molecule has 3 aromatic rings. The Balaban J connectivity index is 1.30. The van der Waals surface area contributed by atoms with Crippen LogP contribution in [-0.4, -0.2) is 57.8 Å². The van der Waals surface area contributed by atoms with Crippen LogP contribution >= 0.6 is 0 Å². The number of ketones is 1. The number of rotatable bonds is 13. The van der Waals surface area contributed by atoms with Gasteiger partial charge in [-0.25, -0.2) is 9.97 Å². The van der Waals surface area contributed by atoms with Crippen LogP contribution < -0.4 is 10.1 Å². The van der Waals surface area contributed by atoms with E-state index in [-0.39, 0.29) is 23.3 Å². The van der Waals surface area contributed by atoms with E-state index in [1.807, 2.05) is 37.4 Å².